The minimum atomic E-state index is -0.323. The molecule has 2 heterocycles. The molecule has 0 bridgehead atoms. The van der Waals surface area contributed by atoms with Crippen LogP contribution in [0, 0.1) is 17.0 Å². The van der Waals surface area contributed by atoms with Crippen LogP contribution in [0.2, 0.25) is 0 Å². The third-order valence-corrected chi connectivity index (χ3v) is 9.14. The number of aliphatic imine (C=N–C) groups is 1. The average molecular weight is 692 g/mol. The molecule has 1 N–H and O–H groups in total. The summed E-state index contributed by atoms with van der Waals surface area (Å²) in [6.07, 6.45) is 13.2. The molecule has 0 atom stereocenters. The number of fused-ring (bicyclic) bond motifs is 1. The van der Waals surface area contributed by atoms with E-state index in [9.17, 15) is 10.0 Å². The van der Waals surface area contributed by atoms with Crippen LogP contribution in [0.15, 0.2) is 83.4 Å². The van der Waals surface area contributed by atoms with Gasteiger partial charge < -0.3 is 20.5 Å². The molecule has 49 heavy (non-hydrogen) atoms. The number of anilines is 2. The maximum absolute atomic E-state index is 13.5. The van der Waals surface area contributed by atoms with Gasteiger partial charge in [-0.25, -0.2) is 4.99 Å². The Morgan fingerprint density at radius 2 is 1.69 bits per heavy atom. The van der Waals surface area contributed by atoms with Crippen molar-refractivity contribution < 1.29 is 56.2 Å². The summed E-state index contributed by atoms with van der Waals surface area (Å²) < 4.78 is 0. The summed E-state index contributed by atoms with van der Waals surface area (Å²) in [7, 11) is 2.20. The number of aryl methyl sites for hydroxylation is 2. The van der Waals surface area contributed by atoms with Crippen LogP contribution >= 0.6 is 0 Å². The van der Waals surface area contributed by atoms with E-state index in [1.54, 1.807) is 19.2 Å². The van der Waals surface area contributed by atoms with Crippen molar-refractivity contribution in [3.63, 3.8) is 0 Å². The first-order valence-electron chi connectivity index (χ1n) is 18.2. The Balaban J connectivity index is 0.000000466. The second-order valence-electron chi connectivity index (χ2n) is 14.3. The van der Waals surface area contributed by atoms with Gasteiger partial charge in [0.2, 0.25) is 5.78 Å². The number of carbonyl (C=O) groups excluding carboxylic acids is 1. The van der Waals surface area contributed by atoms with Crippen molar-refractivity contribution in [2.24, 2.45) is 16.8 Å². The Morgan fingerprint density at radius 1 is 1.06 bits per heavy atom. The predicted molar refractivity (Wildman–Crippen MR) is 203 cm³/mol. The molecule has 2 aliphatic heterocycles. The monoisotopic (exact) mass is 691 g/mol. The molecule has 1 saturated carbocycles. The first-order valence-corrected chi connectivity index (χ1v) is 18.2. The zero-order chi connectivity index (χ0) is 34.8. The molecule has 1 saturated heterocycles. The van der Waals surface area contributed by atoms with Gasteiger partial charge in [0.1, 0.15) is 5.82 Å². The van der Waals surface area contributed by atoms with Gasteiger partial charge in [-0.15, -0.1) is 0 Å². The van der Waals surface area contributed by atoms with E-state index >= 15 is 0 Å². The molecular formula is C41H58KN5O2. The maximum Gasteiger partial charge on any atom is 1.00 e. The van der Waals surface area contributed by atoms with E-state index in [-0.39, 0.29) is 75.3 Å². The first kappa shape index (κ1) is 41.4. The van der Waals surface area contributed by atoms with E-state index in [0.717, 1.165) is 41.6 Å². The molecule has 0 aromatic heterocycles. The van der Waals surface area contributed by atoms with Crippen LogP contribution in [-0.4, -0.2) is 48.3 Å². The molecule has 0 amide bonds. The second-order valence-corrected chi connectivity index (χ2v) is 14.3. The second kappa shape index (κ2) is 20.1. The van der Waals surface area contributed by atoms with Gasteiger partial charge in [-0.05, 0) is 131 Å². The molecule has 4 aliphatic rings. The number of rotatable bonds is 8. The van der Waals surface area contributed by atoms with E-state index in [4.69, 9.17) is 4.99 Å². The summed E-state index contributed by atoms with van der Waals surface area (Å²) in [6, 6.07) is 14.7. The fraction of sp³-hybridized carbons (Fsp3) is 0.512. The predicted octanol–water partition coefficient (Wildman–Crippen LogP) is 6.44. The number of benzene rings is 2. The molecule has 2 aromatic rings. The minimum Gasteiger partial charge on any atom is -0.758 e. The summed E-state index contributed by atoms with van der Waals surface area (Å²) in [4.78, 5) is 22.5. The van der Waals surface area contributed by atoms with Gasteiger partial charge in [-0.1, -0.05) is 71.9 Å². The van der Waals surface area contributed by atoms with E-state index in [1.807, 2.05) is 36.9 Å². The van der Waals surface area contributed by atoms with Gasteiger partial charge in [-0.2, -0.15) is 0 Å². The number of likely N-dealkylation sites (tertiary alicyclic amines) is 1. The molecule has 2 aromatic carbocycles. The molecule has 8 heteroatoms. The standard InChI is InChI=1S/C31H35N4O2.C7H15N.C3H8.K/c1-5-28-30(36)29(35(37)18-20(2)3)19-34(27-16-13-22-7-6-8-25(22)17-27)31(28)33-21(4)32-26-14-11-24(12-15-26)23-9-10-23;1-7-3-5-8(2)6-4-7;1-3-2;/h5,11-17,19-20,23,32H,4,6-10,18H2,1-3H3;7H,3-6H2,1-2H3;3H2,1-2H3;/q-1;;;+1/b28-5-,33-31+;;;. The van der Waals surface area contributed by atoms with Crippen LogP contribution < -0.4 is 61.6 Å². The van der Waals surface area contributed by atoms with Gasteiger partial charge in [-0.3, -0.25) is 9.69 Å². The number of hydroxylamine groups is 2. The zero-order valence-electron chi connectivity index (χ0n) is 31.5. The Kier molecular flexibility index (Phi) is 17.0. The van der Waals surface area contributed by atoms with Crippen molar-refractivity contribution in [2.75, 3.05) is 36.9 Å². The normalized spacial score (nSPS) is 19.3. The number of Topliss-reactive ketones (excluding diaryl/α,β-unsaturated/α-hetero) is 1. The van der Waals surface area contributed by atoms with Gasteiger partial charge in [0.15, 0.2) is 5.84 Å². The number of allylic oxidation sites excluding steroid dienone is 2. The van der Waals surface area contributed by atoms with E-state index in [2.05, 4.69) is 68.9 Å². The maximum atomic E-state index is 13.5. The molecular weight excluding hydrogens is 634 g/mol. The Labute approximate surface area is 339 Å². The summed E-state index contributed by atoms with van der Waals surface area (Å²) in [5.41, 5.74) is 6.30. The van der Waals surface area contributed by atoms with Crippen LogP contribution in [0.4, 0.5) is 11.4 Å². The third kappa shape index (κ3) is 12.0. The van der Waals surface area contributed by atoms with Crippen molar-refractivity contribution in [3.05, 3.63) is 100 Å². The minimum absolute atomic E-state index is 0. The molecule has 6 rings (SSSR count). The zero-order valence-corrected chi connectivity index (χ0v) is 34.6. The number of amidine groups is 1. The summed E-state index contributed by atoms with van der Waals surface area (Å²) >= 11 is 0. The van der Waals surface area contributed by atoms with Crippen LogP contribution in [0.5, 0.6) is 0 Å². The van der Waals surface area contributed by atoms with Crippen LogP contribution in [0.1, 0.15) is 103 Å². The number of piperidine rings is 1. The number of ketones is 1. The van der Waals surface area contributed by atoms with Crippen molar-refractivity contribution in [1.29, 1.82) is 0 Å². The molecule has 2 aliphatic carbocycles. The molecule has 0 radical (unpaired) electrons. The van der Waals surface area contributed by atoms with Gasteiger partial charge in [0, 0.05) is 24.1 Å². The molecule has 7 nitrogen and oxygen atoms in total. The molecule has 2 fully saturated rings. The van der Waals surface area contributed by atoms with Gasteiger partial charge >= 0.3 is 51.4 Å². The van der Waals surface area contributed by atoms with Crippen LogP contribution in [0.3, 0.4) is 0 Å². The number of hydrogen-bond acceptors (Lipinski definition) is 6. The quantitative estimate of drug-likeness (QED) is 0.195. The topological polar surface area (TPSA) is 74.2 Å². The molecule has 0 spiro atoms. The van der Waals surface area contributed by atoms with Gasteiger partial charge in [0.05, 0.1) is 11.3 Å². The first-order chi connectivity index (χ1) is 23.0. The van der Waals surface area contributed by atoms with Crippen molar-refractivity contribution >= 4 is 23.0 Å². The molecule has 0 unspecified atom stereocenters. The number of hydrogen-bond donors (Lipinski definition) is 1. The van der Waals surface area contributed by atoms with Crippen molar-refractivity contribution in [2.45, 2.75) is 98.8 Å². The average Bonchev–Trinajstić information content (AvgIpc) is 3.80. The summed E-state index contributed by atoms with van der Waals surface area (Å²) in [5.74, 6) is 2.35. The largest absolute Gasteiger partial charge is 1.00 e. The van der Waals surface area contributed by atoms with Crippen LogP contribution in [-0.2, 0) is 17.6 Å². The smallest absolute Gasteiger partial charge is 0.758 e. The molecule has 260 valence electrons. The third-order valence-electron chi connectivity index (χ3n) is 9.14. The number of carbonyl (C=O) groups is 1. The Hall–Kier alpha value is -2.04. The van der Waals surface area contributed by atoms with E-state index in [1.165, 1.54) is 61.9 Å². The van der Waals surface area contributed by atoms with Gasteiger partial charge in [0.25, 0.3) is 0 Å². The number of nitrogens with zero attached hydrogens (tertiary/aromatic N) is 4. The SMILES string of the molecule is C=C(/N=C1\C(=C/C)C(=O)C(N([O-])CC(C)C)=CN1c1ccc2c(c1)CCC2)Nc1ccc(C2CC2)cc1.CC1CCN(C)CC1.CCC.[K+]. The Morgan fingerprint density at radius 3 is 2.27 bits per heavy atom. The fourth-order valence-corrected chi connectivity index (χ4v) is 6.21. The Bertz CT molecular complexity index is 1470. The summed E-state index contributed by atoms with van der Waals surface area (Å²) in [6.45, 7) is 19.3. The fourth-order valence-electron chi connectivity index (χ4n) is 6.21. The van der Waals surface area contributed by atoms with Crippen molar-refractivity contribution in [1.82, 2.24) is 9.96 Å². The van der Waals surface area contributed by atoms with E-state index < -0.39 is 0 Å². The van der Waals surface area contributed by atoms with Crippen LogP contribution in [0.25, 0.3) is 0 Å². The van der Waals surface area contributed by atoms with Crippen molar-refractivity contribution in [3.8, 4) is 0 Å². The number of nitrogens with one attached hydrogen (secondary N) is 1. The summed E-state index contributed by atoms with van der Waals surface area (Å²) in [5, 5.41) is 17.1. The van der Waals surface area contributed by atoms with E-state index in [0.29, 0.717) is 23.1 Å².